The van der Waals surface area contributed by atoms with E-state index in [1.165, 1.54) is 21.7 Å². The number of aliphatic imine (C=N–C) groups is 1. The Bertz CT molecular complexity index is 1110. The molecule has 0 spiro atoms. The van der Waals surface area contributed by atoms with E-state index in [1.54, 1.807) is 0 Å². The van der Waals surface area contributed by atoms with Crippen LogP contribution in [0.2, 0.25) is 0 Å². The van der Waals surface area contributed by atoms with Crippen LogP contribution in [0.15, 0.2) is 102 Å². The first-order valence-electron chi connectivity index (χ1n) is 10.7. The fraction of sp³-hybridized carbons (Fsp3) is 0.231. The van der Waals surface area contributed by atoms with Crippen molar-refractivity contribution in [1.82, 2.24) is 4.57 Å². The van der Waals surface area contributed by atoms with Crippen molar-refractivity contribution >= 4 is 24.4 Å². The molecule has 2 heterocycles. The molecule has 1 aromatic heterocycles. The molecule has 0 saturated heterocycles. The maximum atomic E-state index is 6.17. The molecule has 2 aromatic carbocycles. The van der Waals surface area contributed by atoms with Gasteiger partial charge in [-0.2, -0.15) is 0 Å². The van der Waals surface area contributed by atoms with Gasteiger partial charge >= 0.3 is 0 Å². The highest BCUT2D eigenvalue weighted by Gasteiger charge is 2.34. The summed E-state index contributed by atoms with van der Waals surface area (Å²) < 4.78 is 10.6. The van der Waals surface area contributed by atoms with Crippen molar-refractivity contribution in [2.45, 2.75) is 19.5 Å². The fourth-order valence-electron chi connectivity index (χ4n) is 4.21. The second kappa shape index (κ2) is 8.64. The maximum absolute atomic E-state index is 6.17. The number of benzene rings is 2. The first kappa shape index (κ1) is 20.0. The number of aromatic nitrogens is 2. The summed E-state index contributed by atoms with van der Waals surface area (Å²) in [4.78, 5) is 5.02. The zero-order chi connectivity index (χ0) is 21.2. The summed E-state index contributed by atoms with van der Waals surface area (Å²) in [5.74, 6) is 2.19. The van der Waals surface area contributed by atoms with Crippen LogP contribution in [0.3, 0.4) is 0 Å². The largest absolute Gasteiger partial charge is 0.478 e. The van der Waals surface area contributed by atoms with Crippen LogP contribution in [0.25, 0.3) is 0 Å². The van der Waals surface area contributed by atoms with E-state index in [0.29, 0.717) is 6.61 Å². The van der Waals surface area contributed by atoms with Crippen LogP contribution >= 0.6 is 7.92 Å². The summed E-state index contributed by atoms with van der Waals surface area (Å²) in [5, 5.41) is 4.10. The van der Waals surface area contributed by atoms with Crippen LogP contribution in [-0.2, 0) is 18.3 Å². The summed E-state index contributed by atoms with van der Waals surface area (Å²) >= 11 is 0. The van der Waals surface area contributed by atoms with Gasteiger partial charge in [0.05, 0.1) is 13.0 Å². The molecule has 4 nitrogen and oxygen atoms in total. The van der Waals surface area contributed by atoms with Gasteiger partial charge in [0.15, 0.2) is 5.90 Å². The Morgan fingerprint density at radius 1 is 1.06 bits per heavy atom. The highest BCUT2D eigenvalue weighted by molar-refractivity contribution is 7.76. The number of imidazole rings is 1. The van der Waals surface area contributed by atoms with E-state index >= 15 is 0 Å². The lowest BCUT2D eigenvalue weighted by Gasteiger charge is -2.24. The molecule has 0 radical (unpaired) electrons. The van der Waals surface area contributed by atoms with Crippen molar-refractivity contribution in [2.75, 3.05) is 6.61 Å². The predicted molar refractivity (Wildman–Crippen MR) is 127 cm³/mol. The average molecular weight is 428 g/mol. The van der Waals surface area contributed by atoms with Crippen molar-refractivity contribution < 1.29 is 9.30 Å². The zero-order valence-corrected chi connectivity index (χ0v) is 18.8. The van der Waals surface area contributed by atoms with Gasteiger partial charge in [-0.1, -0.05) is 78.9 Å². The Labute approximate surface area is 185 Å². The minimum Gasteiger partial charge on any atom is -0.478 e. The van der Waals surface area contributed by atoms with Crippen LogP contribution in [0, 0.1) is 12.8 Å². The molecule has 5 heteroatoms. The molecule has 5 rings (SSSR count). The number of aryl methyl sites for hydroxylation is 1. The van der Waals surface area contributed by atoms with Gasteiger partial charge in [-0.3, -0.25) is 0 Å². The molecule has 0 bridgehead atoms. The van der Waals surface area contributed by atoms with E-state index in [2.05, 4.69) is 114 Å². The molecule has 0 saturated carbocycles. The third kappa shape index (κ3) is 4.00. The Kier molecular flexibility index (Phi) is 5.57. The van der Waals surface area contributed by atoms with E-state index in [-0.39, 0.29) is 12.0 Å². The van der Waals surface area contributed by atoms with Gasteiger partial charge in [-0.05, 0) is 23.8 Å². The molecule has 2 atom stereocenters. The van der Waals surface area contributed by atoms with Crippen molar-refractivity contribution in [3.8, 4) is 0 Å². The van der Waals surface area contributed by atoms with Gasteiger partial charge in [-0.15, -0.1) is 0 Å². The number of allylic oxidation sites excluding steroid dienone is 2. The Morgan fingerprint density at radius 3 is 2.35 bits per heavy atom. The summed E-state index contributed by atoms with van der Waals surface area (Å²) in [6, 6.07) is 21.8. The molecule has 31 heavy (non-hydrogen) atoms. The minimum atomic E-state index is -0.642. The third-order valence-electron chi connectivity index (χ3n) is 5.98. The summed E-state index contributed by atoms with van der Waals surface area (Å²) in [6.45, 7) is 3.62. The van der Waals surface area contributed by atoms with Gasteiger partial charge in [-0.25, -0.2) is 14.1 Å². The van der Waals surface area contributed by atoms with E-state index < -0.39 is 7.92 Å². The lowest BCUT2D eigenvalue weighted by atomic mass is 10.2. The molecule has 0 amide bonds. The first-order valence-corrected chi connectivity index (χ1v) is 12.1. The van der Waals surface area contributed by atoms with E-state index in [9.17, 15) is 0 Å². The van der Waals surface area contributed by atoms with Crippen molar-refractivity contribution in [3.05, 3.63) is 102 Å². The quantitative estimate of drug-likeness (QED) is 0.436. The van der Waals surface area contributed by atoms with Gasteiger partial charge < -0.3 is 4.74 Å². The molecule has 1 unspecified atom stereocenters. The SMILES string of the molecule is Cc1n(C[C@@H]2COC(C3C=CC=C3P(c3ccccc3)c3ccccc3)=N2)cc[n+]1C. The van der Waals surface area contributed by atoms with Crippen LogP contribution < -0.4 is 15.2 Å². The van der Waals surface area contributed by atoms with E-state index in [0.717, 1.165) is 12.4 Å². The van der Waals surface area contributed by atoms with Crippen LogP contribution in [0.4, 0.5) is 0 Å². The number of rotatable bonds is 6. The van der Waals surface area contributed by atoms with Gasteiger partial charge in [0.2, 0.25) is 0 Å². The number of nitrogens with zero attached hydrogens (tertiary/aromatic N) is 3. The van der Waals surface area contributed by atoms with Crippen molar-refractivity contribution in [3.63, 3.8) is 0 Å². The molecule has 3 aromatic rings. The van der Waals surface area contributed by atoms with Crippen LogP contribution in [0.5, 0.6) is 0 Å². The maximum Gasteiger partial charge on any atom is 0.253 e. The summed E-state index contributed by atoms with van der Waals surface area (Å²) in [6.07, 6.45) is 10.9. The Hall–Kier alpha value is -2.97. The van der Waals surface area contributed by atoms with Gasteiger partial charge in [0.1, 0.15) is 31.6 Å². The summed E-state index contributed by atoms with van der Waals surface area (Å²) in [7, 11) is 1.43. The molecule has 0 N–H and O–H groups in total. The predicted octanol–water partition coefficient (Wildman–Crippen LogP) is 3.62. The molecule has 0 fully saturated rings. The zero-order valence-electron chi connectivity index (χ0n) is 17.9. The minimum absolute atomic E-state index is 0.110. The second-order valence-corrected chi connectivity index (χ2v) is 10.2. The van der Waals surface area contributed by atoms with Crippen molar-refractivity contribution in [2.24, 2.45) is 18.0 Å². The molecule has 156 valence electrons. The van der Waals surface area contributed by atoms with Crippen LogP contribution in [0.1, 0.15) is 5.82 Å². The molecular formula is C26H27N3OP+. The number of hydrogen-bond acceptors (Lipinski definition) is 2. The molecule has 1 aliphatic carbocycles. The lowest BCUT2D eigenvalue weighted by Crippen LogP contribution is -2.30. The normalized spacial score (nSPS) is 20.1. The molecule has 2 aliphatic rings. The average Bonchev–Trinajstić information content (AvgIpc) is 3.53. The summed E-state index contributed by atoms with van der Waals surface area (Å²) in [5.41, 5.74) is 0. The number of hydrogen-bond donors (Lipinski definition) is 0. The topological polar surface area (TPSA) is 30.4 Å². The smallest absolute Gasteiger partial charge is 0.253 e. The first-order chi connectivity index (χ1) is 15.2. The monoisotopic (exact) mass is 428 g/mol. The standard InChI is InChI=1S/C26H27N3OP/c1-20-28(2)16-17-29(20)18-21-19-30-26(27-21)24-14-9-15-25(24)31(22-10-5-3-6-11-22)23-12-7-4-8-13-23/h3-17,21,24H,18-19H2,1-2H3/q+1/t21-,24?/m1/s1. The lowest BCUT2D eigenvalue weighted by molar-refractivity contribution is -0.677. The Balaban J connectivity index is 1.43. The Morgan fingerprint density at radius 2 is 1.74 bits per heavy atom. The fourth-order valence-corrected chi connectivity index (χ4v) is 6.75. The van der Waals surface area contributed by atoms with Crippen molar-refractivity contribution in [1.29, 1.82) is 0 Å². The van der Waals surface area contributed by atoms with Crippen LogP contribution in [-0.4, -0.2) is 23.1 Å². The highest BCUT2D eigenvalue weighted by Crippen LogP contribution is 2.49. The third-order valence-corrected chi connectivity index (χ3v) is 8.55. The van der Waals surface area contributed by atoms with E-state index in [1.807, 2.05) is 0 Å². The van der Waals surface area contributed by atoms with Gasteiger partial charge in [0, 0.05) is 6.92 Å². The van der Waals surface area contributed by atoms with E-state index in [4.69, 9.17) is 9.73 Å². The molecular weight excluding hydrogens is 401 g/mol. The molecule has 1 aliphatic heterocycles. The number of ether oxygens (including phenoxy) is 1. The highest BCUT2D eigenvalue weighted by atomic mass is 31.1. The van der Waals surface area contributed by atoms with Gasteiger partial charge in [0.25, 0.3) is 5.82 Å². The second-order valence-electron chi connectivity index (χ2n) is 8.00.